The van der Waals surface area contributed by atoms with E-state index in [0.29, 0.717) is 0 Å². The Balaban J connectivity index is 2.45. The van der Waals surface area contributed by atoms with E-state index in [1.165, 1.54) is 0 Å². The van der Waals surface area contributed by atoms with Gasteiger partial charge in [-0.05, 0) is 11.3 Å². The lowest BCUT2D eigenvalue weighted by Crippen LogP contribution is -2.15. The van der Waals surface area contributed by atoms with Crippen LogP contribution in [0.5, 0.6) is 0 Å². The fourth-order valence-electron chi connectivity index (χ4n) is 1.21. The maximum absolute atomic E-state index is 12.0. The predicted molar refractivity (Wildman–Crippen MR) is 66.0 cm³/mol. The van der Waals surface area contributed by atoms with Crippen LogP contribution in [0.3, 0.4) is 0 Å². The third-order valence-corrected chi connectivity index (χ3v) is 4.05. The van der Waals surface area contributed by atoms with Crippen LogP contribution in [-0.2, 0) is 10.0 Å². The summed E-state index contributed by atoms with van der Waals surface area (Å²) < 4.78 is 29.4. The first-order valence-electron chi connectivity index (χ1n) is 4.62. The minimum absolute atomic E-state index is 0.0640. The summed E-state index contributed by atoms with van der Waals surface area (Å²) in [5.41, 5.74) is 5.02. The zero-order valence-electron chi connectivity index (χ0n) is 9.05. The molecule has 0 aliphatic carbocycles. The van der Waals surface area contributed by atoms with E-state index in [0.717, 1.165) is 29.7 Å². The van der Waals surface area contributed by atoms with Gasteiger partial charge in [-0.25, -0.2) is 8.42 Å². The van der Waals surface area contributed by atoms with Crippen LogP contribution in [0.1, 0.15) is 0 Å². The van der Waals surface area contributed by atoms with E-state index < -0.39 is 19.8 Å². The maximum Gasteiger partial charge on any atom is 0.270 e. The van der Waals surface area contributed by atoms with Gasteiger partial charge >= 0.3 is 0 Å². The lowest BCUT2D eigenvalue weighted by atomic mass is 10.3. The molecule has 0 aliphatic heterocycles. The third kappa shape index (κ3) is 2.74. The van der Waals surface area contributed by atoms with Crippen molar-refractivity contribution in [3.05, 3.63) is 28.3 Å². The fraction of sp³-hybridized carbons (Fsp3) is 0. The minimum atomic E-state index is -4.08. The van der Waals surface area contributed by atoms with Crippen LogP contribution in [0.15, 0.2) is 23.1 Å². The highest BCUT2D eigenvalue weighted by Crippen LogP contribution is 2.25. The van der Waals surface area contributed by atoms with Gasteiger partial charge < -0.3 is 5.73 Å². The second-order valence-corrected chi connectivity index (χ2v) is 5.64. The van der Waals surface area contributed by atoms with E-state index in [1.54, 1.807) is 0 Å². The van der Waals surface area contributed by atoms with E-state index in [2.05, 4.69) is 19.5 Å². The van der Waals surface area contributed by atoms with E-state index >= 15 is 0 Å². The number of hydrogen-bond donors (Lipinski definition) is 2. The molecule has 0 saturated heterocycles. The molecular formula is C7H6N6O4S2. The van der Waals surface area contributed by atoms with Crippen molar-refractivity contribution >= 4 is 38.1 Å². The van der Waals surface area contributed by atoms with Gasteiger partial charge in [0, 0.05) is 23.7 Å². The van der Waals surface area contributed by atoms with E-state index in [1.807, 2.05) is 0 Å². The van der Waals surface area contributed by atoms with Crippen LogP contribution in [0, 0.1) is 10.1 Å². The summed E-state index contributed by atoms with van der Waals surface area (Å²) in [4.78, 5) is 9.50. The zero-order valence-corrected chi connectivity index (χ0v) is 10.7. The molecule has 0 spiro atoms. The first kappa shape index (κ1) is 13.1. The first-order chi connectivity index (χ1) is 8.90. The molecule has 12 heteroatoms. The molecule has 0 saturated carbocycles. The van der Waals surface area contributed by atoms with E-state index in [-0.39, 0.29) is 16.5 Å². The molecule has 2 rings (SSSR count). The molecule has 0 unspecified atom stereocenters. The van der Waals surface area contributed by atoms with Crippen LogP contribution in [0.4, 0.5) is 16.5 Å². The van der Waals surface area contributed by atoms with Gasteiger partial charge in [0.15, 0.2) is 0 Å². The number of anilines is 2. The Hall–Kier alpha value is -2.34. The van der Waals surface area contributed by atoms with Crippen molar-refractivity contribution in [1.29, 1.82) is 0 Å². The Morgan fingerprint density at radius 2 is 2.16 bits per heavy atom. The monoisotopic (exact) mass is 302 g/mol. The molecule has 0 fully saturated rings. The van der Waals surface area contributed by atoms with Crippen molar-refractivity contribution in [3.63, 3.8) is 0 Å². The SMILES string of the molecule is Nc1ccc([N+](=O)[O-])cc1S(=O)(=O)Nc1nnns1. The highest BCUT2D eigenvalue weighted by Gasteiger charge is 2.22. The number of non-ortho nitro benzene ring substituents is 1. The van der Waals surface area contributed by atoms with Gasteiger partial charge in [-0.15, -0.1) is 0 Å². The van der Waals surface area contributed by atoms with Gasteiger partial charge in [-0.1, -0.05) is 9.59 Å². The molecule has 1 aromatic carbocycles. The average Bonchev–Trinajstić information content (AvgIpc) is 2.81. The molecule has 1 heterocycles. The van der Waals surface area contributed by atoms with Crippen molar-refractivity contribution < 1.29 is 13.3 Å². The number of nitrogens with zero attached hydrogens (tertiary/aromatic N) is 4. The van der Waals surface area contributed by atoms with E-state index in [9.17, 15) is 18.5 Å². The number of benzene rings is 1. The molecule has 1 aromatic heterocycles. The molecule has 10 nitrogen and oxygen atoms in total. The van der Waals surface area contributed by atoms with Gasteiger partial charge in [-0.2, -0.15) is 0 Å². The lowest BCUT2D eigenvalue weighted by molar-refractivity contribution is -0.385. The molecule has 0 radical (unpaired) electrons. The van der Waals surface area contributed by atoms with Crippen LogP contribution in [0.25, 0.3) is 0 Å². The standard InChI is InChI=1S/C7H6N6O4S2/c8-5-2-1-4(13(14)15)3-6(5)19(16,17)10-7-9-11-12-18-7/h1-3H,8H2,(H,9,10,12). The Labute approximate surface area is 110 Å². The first-order valence-corrected chi connectivity index (χ1v) is 6.87. The van der Waals surface area contributed by atoms with Crippen molar-refractivity contribution in [3.8, 4) is 0 Å². The minimum Gasteiger partial charge on any atom is -0.398 e. The topological polar surface area (TPSA) is 154 Å². The van der Waals surface area contributed by atoms with Gasteiger partial charge in [0.05, 0.1) is 10.6 Å². The van der Waals surface area contributed by atoms with Crippen molar-refractivity contribution in [2.75, 3.05) is 10.5 Å². The molecule has 0 aliphatic rings. The largest absolute Gasteiger partial charge is 0.398 e. The van der Waals surface area contributed by atoms with Gasteiger partial charge in [0.1, 0.15) is 4.90 Å². The molecule has 19 heavy (non-hydrogen) atoms. The van der Waals surface area contributed by atoms with Gasteiger partial charge in [0.2, 0.25) is 5.13 Å². The number of nitrogen functional groups attached to an aromatic ring is 1. The van der Waals surface area contributed by atoms with Gasteiger partial charge in [0.25, 0.3) is 15.7 Å². The third-order valence-electron chi connectivity index (χ3n) is 2.02. The number of nitrogens with one attached hydrogen (secondary N) is 1. The summed E-state index contributed by atoms with van der Waals surface area (Å²) in [5.74, 6) is 0. The fourth-order valence-corrected chi connectivity index (χ4v) is 2.95. The number of aromatic nitrogens is 3. The Kier molecular flexibility index (Phi) is 3.26. The summed E-state index contributed by atoms with van der Waals surface area (Å²) >= 11 is 0.724. The van der Waals surface area contributed by atoms with Crippen LogP contribution < -0.4 is 10.5 Å². The van der Waals surface area contributed by atoms with Crippen LogP contribution in [-0.4, -0.2) is 28.1 Å². The Morgan fingerprint density at radius 3 is 2.74 bits per heavy atom. The maximum atomic E-state index is 12.0. The summed E-state index contributed by atoms with van der Waals surface area (Å²) in [6.07, 6.45) is 0. The van der Waals surface area contributed by atoms with Crippen LogP contribution in [0.2, 0.25) is 0 Å². The highest BCUT2D eigenvalue weighted by molar-refractivity contribution is 7.93. The molecule has 0 amide bonds. The smallest absolute Gasteiger partial charge is 0.270 e. The summed E-state index contributed by atoms with van der Waals surface area (Å²) in [5, 5.41) is 17.2. The molecule has 0 atom stereocenters. The summed E-state index contributed by atoms with van der Waals surface area (Å²) in [7, 11) is -4.08. The number of nitro groups is 1. The van der Waals surface area contributed by atoms with Crippen molar-refractivity contribution in [1.82, 2.24) is 14.8 Å². The highest BCUT2D eigenvalue weighted by atomic mass is 32.2. The van der Waals surface area contributed by atoms with Crippen LogP contribution >= 0.6 is 11.5 Å². The molecule has 0 bridgehead atoms. The van der Waals surface area contributed by atoms with Crippen molar-refractivity contribution in [2.45, 2.75) is 4.90 Å². The van der Waals surface area contributed by atoms with Gasteiger partial charge in [-0.3, -0.25) is 14.8 Å². The molecule has 3 N–H and O–H groups in total. The number of hydrogen-bond acceptors (Lipinski definition) is 9. The average molecular weight is 302 g/mol. The molecule has 2 aromatic rings. The lowest BCUT2D eigenvalue weighted by Gasteiger charge is -2.06. The normalized spacial score (nSPS) is 11.2. The zero-order chi connectivity index (χ0) is 14.0. The number of nitro benzene ring substituents is 1. The predicted octanol–water partition coefficient (Wildman–Crippen LogP) is 0.224. The molecule has 100 valence electrons. The van der Waals surface area contributed by atoms with Crippen molar-refractivity contribution in [2.24, 2.45) is 0 Å². The summed E-state index contributed by atoms with van der Waals surface area (Å²) in [6.45, 7) is 0. The van der Waals surface area contributed by atoms with E-state index in [4.69, 9.17) is 5.73 Å². The summed E-state index contributed by atoms with van der Waals surface area (Å²) in [6, 6.07) is 3.12. The number of rotatable bonds is 4. The Morgan fingerprint density at radius 1 is 1.42 bits per heavy atom. The number of sulfonamides is 1. The quantitative estimate of drug-likeness (QED) is 0.462. The Bertz CT molecular complexity index is 713. The molecular weight excluding hydrogens is 296 g/mol. The second kappa shape index (κ2) is 4.74. The number of nitrogens with two attached hydrogens (primary N) is 1. The second-order valence-electron chi connectivity index (χ2n) is 3.25.